The number of nitrogens with one attached hydrogen (secondary N) is 2. The van der Waals surface area contributed by atoms with Crippen LogP contribution >= 0.6 is 0 Å². The number of carbonyl (C=O) groups is 2. The zero-order chi connectivity index (χ0) is 29.4. The maximum Gasteiger partial charge on any atom is 0.324 e. The van der Waals surface area contributed by atoms with E-state index < -0.39 is 5.82 Å². The molecule has 1 aliphatic heterocycles. The van der Waals surface area contributed by atoms with Gasteiger partial charge in [-0.25, -0.2) is 18.9 Å². The Balaban J connectivity index is 1.11. The van der Waals surface area contributed by atoms with Gasteiger partial charge in [-0.05, 0) is 63.1 Å². The van der Waals surface area contributed by atoms with Gasteiger partial charge >= 0.3 is 6.03 Å². The van der Waals surface area contributed by atoms with Gasteiger partial charge in [-0.15, -0.1) is 0 Å². The van der Waals surface area contributed by atoms with Crippen molar-refractivity contribution >= 4 is 29.3 Å². The van der Waals surface area contributed by atoms with E-state index in [1.165, 1.54) is 12.1 Å². The van der Waals surface area contributed by atoms with Crippen molar-refractivity contribution in [2.75, 3.05) is 41.7 Å². The summed E-state index contributed by atoms with van der Waals surface area (Å²) in [5, 5.41) is 10.7. The predicted molar refractivity (Wildman–Crippen MR) is 161 cm³/mol. The molecule has 6 rings (SSSR count). The van der Waals surface area contributed by atoms with Crippen LogP contribution in [0.4, 0.5) is 26.5 Å². The minimum absolute atomic E-state index is 0.0513. The number of benzene rings is 2. The maximum absolute atomic E-state index is 14.1. The second-order valence-corrected chi connectivity index (χ2v) is 11.4. The van der Waals surface area contributed by atoms with Gasteiger partial charge in [0.25, 0.3) is 5.91 Å². The van der Waals surface area contributed by atoms with Crippen LogP contribution in [0.3, 0.4) is 0 Å². The number of anilines is 3. The Morgan fingerprint density at radius 3 is 2.29 bits per heavy atom. The minimum atomic E-state index is -0.508. The first-order chi connectivity index (χ1) is 20.2. The van der Waals surface area contributed by atoms with Gasteiger partial charge in [0.15, 0.2) is 0 Å². The maximum atomic E-state index is 14.1. The molecular formula is C32H34FN7O2. The summed E-state index contributed by atoms with van der Waals surface area (Å²) in [5.74, 6) is 0.553. The molecule has 3 amide bonds. The summed E-state index contributed by atoms with van der Waals surface area (Å²) in [4.78, 5) is 34.3. The molecule has 1 saturated carbocycles. The van der Waals surface area contributed by atoms with Gasteiger partial charge in [0.05, 0.1) is 28.3 Å². The van der Waals surface area contributed by atoms with Crippen LogP contribution in [-0.4, -0.2) is 57.8 Å². The largest absolute Gasteiger partial charge is 0.353 e. The summed E-state index contributed by atoms with van der Waals surface area (Å²) in [7, 11) is 0. The number of rotatable bonds is 6. The first-order valence-corrected chi connectivity index (χ1v) is 14.2. The smallest absolute Gasteiger partial charge is 0.324 e. The molecule has 2 fully saturated rings. The van der Waals surface area contributed by atoms with E-state index in [1.54, 1.807) is 21.7 Å². The number of piperazine rings is 1. The van der Waals surface area contributed by atoms with Gasteiger partial charge in [0.1, 0.15) is 17.5 Å². The number of amides is 3. The highest BCUT2D eigenvalue weighted by Gasteiger charge is 2.42. The van der Waals surface area contributed by atoms with E-state index in [0.717, 1.165) is 35.6 Å². The molecule has 4 aromatic rings. The quantitative estimate of drug-likeness (QED) is 0.313. The second-order valence-electron chi connectivity index (χ2n) is 11.4. The first-order valence-electron chi connectivity index (χ1n) is 14.2. The van der Waals surface area contributed by atoms with Crippen LogP contribution in [-0.2, 0) is 5.41 Å². The van der Waals surface area contributed by atoms with Crippen LogP contribution < -0.4 is 15.5 Å². The average molecular weight is 568 g/mol. The molecule has 0 radical (unpaired) electrons. The molecule has 3 heterocycles. The summed E-state index contributed by atoms with van der Waals surface area (Å²) in [6.07, 6.45) is 2.16. The fourth-order valence-corrected chi connectivity index (χ4v) is 5.16. The lowest BCUT2D eigenvalue weighted by Gasteiger charge is -2.35. The van der Waals surface area contributed by atoms with E-state index in [-0.39, 0.29) is 22.9 Å². The lowest BCUT2D eigenvalue weighted by atomic mass is 10.1. The lowest BCUT2D eigenvalue weighted by Crippen LogP contribution is -2.49. The molecule has 9 nitrogen and oxygen atoms in total. The van der Waals surface area contributed by atoms with Crippen LogP contribution in [0.2, 0.25) is 0 Å². The molecule has 0 atom stereocenters. The van der Waals surface area contributed by atoms with Crippen molar-refractivity contribution in [3.8, 4) is 5.69 Å². The van der Waals surface area contributed by atoms with Gasteiger partial charge in [0.2, 0.25) is 0 Å². The molecule has 0 unspecified atom stereocenters. The number of halogens is 1. The molecule has 2 N–H and O–H groups in total. The van der Waals surface area contributed by atoms with E-state index in [9.17, 15) is 14.0 Å². The number of aromatic nitrogens is 3. The van der Waals surface area contributed by atoms with Crippen LogP contribution in [0.25, 0.3) is 5.69 Å². The summed E-state index contributed by atoms with van der Waals surface area (Å²) >= 11 is 0. The zero-order valence-corrected chi connectivity index (χ0v) is 24.0. The van der Waals surface area contributed by atoms with Crippen LogP contribution in [0.15, 0.2) is 66.7 Å². The van der Waals surface area contributed by atoms with Crippen molar-refractivity contribution < 1.29 is 14.0 Å². The van der Waals surface area contributed by atoms with Gasteiger partial charge in [0, 0.05) is 37.7 Å². The van der Waals surface area contributed by atoms with Crippen molar-refractivity contribution in [3.63, 3.8) is 0 Å². The zero-order valence-electron chi connectivity index (χ0n) is 24.0. The Morgan fingerprint density at radius 2 is 1.62 bits per heavy atom. The van der Waals surface area contributed by atoms with Gasteiger partial charge < -0.3 is 15.1 Å². The number of nitrogens with zero attached hydrogens (tertiary/aromatic N) is 5. The first kappa shape index (κ1) is 27.4. The third-order valence-electron chi connectivity index (χ3n) is 8.16. The number of carbonyl (C=O) groups excluding carboxylic acids is 2. The fraction of sp³-hybridized carbons (Fsp3) is 0.312. The summed E-state index contributed by atoms with van der Waals surface area (Å²) in [5.41, 5.74) is 4.41. The molecule has 1 aliphatic carbocycles. The average Bonchev–Trinajstić information content (AvgIpc) is 3.60. The Kier molecular flexibility index (Phi) is 7.14. The van der Waals surface area contributed by atoms with E-state index in [4.69, 9.17) is 10.1 Å². The summed E-state index contributed by atoms with van der Waals surface area (Å²) in [6.45, 7) is 8.15. The van der Waals surface area contributed by atoms with Gasteiger partial charge in [-0.2, -0.15) is 5.10 Å². The van der Waals surface area contributed by atoms with Crippen molar-refractivity contribution in [1.82, 2.24) is 19.7 Å². The van der Waals surface area contributed by atoms with Gasteiger partial charge in [-0.3, -0.25) is 10.1 Å². The Labute approximate surface area is 244 Å². The molecule has 2 aromatic carbocycles. The normalized spacial score (nSPS) is 15.8. The van der Waals surface area contributed by atoms with Crippen molar-refractivity contribution in [2.45, 2.75) is 39.0 Å². The Hall–Kier alpha value is -4.73. The highest BCUT2D eigenvalue weighted by Crippen LogP contribution is 2.47. The summed E-state index contributed by atoms with van der Waals surface area (Å²) < 4.78 is 15.9. The van der Waals surface area contributed by atoms with Crippen LogP contribution in [0.1, 0.15) is 47.1 Å². The molecule has 0 spiro atoms. The van der Waals surface area contributed by atoms with Crippen LogP contribution in [0, 0.1) is 19.7 Å². The number of urea groups is 1. The van der Waals surface area contributed by atoms with E-state index in [1.807, 2.05) is 56.3 Å². The predicted octanol–water partition coefficient (Wildman–Crippen LogP) is 5.68. The molecule has 2 aliphatic rings. The standard InChI is InChI=1S/C32H34FN7O2/c1-21-8-10-23(11-9-21)40-29(20-27(37-40)32(3)14-15-32)36-31(42)35-26-12-13-28(34-22(26)2)38-16-18-39(19-17-38)30(41)24-6-4-5-7-25(24)33/h4-13,20H,14-19H2,1-3H3,(H2,35,36,42). The van der Waals surface area contributed by atoms with E-state index in [2.05, 4.69) is 22.5 Å². The molecule has 2 aromatic heterocycles. The van der Waals surface area contributed by atoms with Crippen molar-refractivity contribution in [3.05, 3.63) is 95.1 Å². The third kappa shape index (κ3) is 5.57. The molecule has 42 heavy (non-hydrogen) atoms. The molecule has 1 saturated heterocycles. The fourth-order valence-electron chi connectivity index (χ4n) is 5.16. The Morgan fingerprint density at radius 1 is 0.905 bits per heavy atom. The minimum Gasteiger partial charge on any atom is -0.353 e. The highest BCUT2D eigenvalue weighted by molar-refractivity contribution is 6.00. The van der Waals surface area contributed by atoms with E-state index >= 15 is 0 Å². The summed E-state index contributed by atoms with van der Waals surface area (Å²) in [6, 6.07) is 19.4. The lowest BCUT2D eigenvalue weighted by molar-refractivity contribution is 0.0741. The number of hydrogen-bond acceptors (Lipinski definition) is 5. The van der Waals surface area contributed by atoms with Crippen molar-refractivity contribution in [1.29, 1.82) is 0 Å². The molecule has 216 valence electrons. The van der Waals surface area contributed by atoms with Crippen LogP contribution in [0.5, 0.6) is 0 Å². The molecule has 0 bridgehead atoms. The Bertz CT molecular complexity index is 1640. The second kappa shape index (κ2) is 10.9. The number of aryl methyl sites for hydroxylation is 2. The van der Waals surface area contributed by atoms with Crippen molar-refractivity contribution in [2.24, 2.45) is 0 Å². The monoisotopic (exact) mass is 567 g/mol. The number of pyridine rings is 1. The third-order valence-corrected chi connectivity index (χ3v) is 8.16. The highest BCUT2D eigenvalue weighted by atomic mass is 19.1. The molecule has 10 heteroatoms. The van der Waals surface area contributed by atoms with Gasteiger partial charge in [-0.1, -0.05) is 36.8 Å². The van der Waals surface area contributed by atoms with E-state index in [0.29, 0.717) is 43.4 Å². The number of hydrogen-bond donors (Lipinski definition) is 2. The molecular weight excluding hydrogens is 533 g/mol. The SMILES string of the molecule is Cc1ccc(-n2nc(C3(C)CC3)cc2NC(=O)Nc2ccc(N3CCN(C(=O)c4ccccc4F)CC3)nc2C)cc1. The topological polar surface area (TPSA) is 95.4 Å².